The number of hydrogen-bond donors (Lipinski definition) is 0. The number of amides is 1. The lowest BCUT2D eigenvalue weighted by Crippen LogP contribution is -2.40. The molecule has 0 fully saturated rings. The largest absolute Gasteiger partial charge is 0.275 e. The van der Waals surface area contributed by atoms with Gasteiger partial charge in [-0.2, -0.15) is 0 Å². The van der Waals surface area contributed by atoms with E-state index in [1.54, 1.807) is 7.05 Å². The Bertz CT molecular complexity index is 373. The highest BCUT2D eigenvalue weighted by atomic mass is 79.9. The molecule has 88 valence electrons. The van der Waals surface area contributed by atoms with Crippen LogP contribution in [0.5, 0.6) is 0 Å². The number of carbonyl (C=O) groups is 1. The maximum Gasteiger partial charge on any atom is 0.255 e. The number of carbonyl (C=O) groups excluding carboxylic acids is 1. The molecule has 0 spiro atoms. The highest BCUT2D eigenvalue weighted by Gasteiger charge is 2.32. The molecule has 0 aliphatic rings. The van der Waals surface area contributed by atoms with E-state index in [-0.39, 0.29) is 5.91 Å². The monoisotopic (exact) mass is 285 g/mol. The normalized spacial score (nSPS) is 11.3. The Balaban J connectivity index is 3.01. The summed E-state index contributed by atoms with van der Waals surface area (Å²) in [5, 5.41) is 1.25. The quantitative estimate of drug-likeness (QED) is 0.800. The van der Waals surface area contributed by atoms with Crippen LogP contribution in [0.3, 0.4) is 0 Å². The SMILES string of the molecule is CON(C)C(=O)C(C)(C)c1ccc(Br)cc1. The molecule has 0 radical (unpaired) electrons. The van der Waals surface area contributed by atoms with E-state index in [2.05, 4.69) is 15.9 Å². The van der Waals surface area contributed by atoms with E-state index >= 15 is 0 Å². The predicted octanol–water partition coefficient (Wildman–Crippen LogP) is 2.75. The molecule has 0 bridgehead atoms. The lowest BCUT2D eigenvalue weighted by atomic mass is 9.84. The first-order valence-electron chi connectivity index (χ1n) is 4.98. The zero-order valence-corrected chi connectivity index (χ0v) is 11.5. The number of benzene rings is 1. The molecular weight excluding hydrogens is 270 g/mol. The second-order valence-electron chi connectivity index (χ2n) is 4.12. The summed E-state index contributed by atoms with van der Waals surface area (Å²) in [7, 11) is 3.10. The Labute approximate surface area is 104 Å². The van der Waals surface area contributed by atoms with E-state index in [9.17, 15) is 4.79 Å². The van der Waals surface area contributed by atoms with Crippen molar-refractivity contribution in [3.8, 4) is 0 Å². The predicted molar refractivity (Wildman–Crippen MR) is 66.9 cm³/mol. The van der Waals surface area contributed by atoms with Gasteiger partial charge in [-0.15, -0.1) is 0 Å². The summed E-state index contributed by atoms with van der Waals surface area (Å²) in [6.07, 6.45) is 0. The molecule has 3 nitrogen and oxygen atoms in total. The molecule has 0 aromatic heterocycles. The number of nitrogens with zero attached hydrogens (tertiary/aromatic N) is 1. The van der Waals surface area contributed by atoms with Crippen LogP contribution < -0.4 is 0 Å². The molecule has 1 amide bonds. The Kier molecular flexibility index (Phi) is 4.10. The van der Waals surface area contributed by atoms with E-state index in [0.717, 1.165) is 10.0 Å². The van der Waals surface area contributed by atoms with Crippen molar-refractivity contribution in [2.45, 2.75) is 19.3 Å². The van der Waals surface area contributed by atoms with Gasteiger partial charge in [0.05, 0.1) is 12.5 Å². The third-order valence-electron chi connectivity index (χ3n) is 2.66. The zero-order valence-electron chi connectivity index (χ0n) is 9.95. The van der Waals surface area contributed by atoms with E-state index < -0.39 is 5.41 Å². The van der Waals surface area contributed by atoms with Crippen LogP contribution in [-0.2, 0) is 15.0 Å². The van der Waals surface area contributed by atoms with Gasteiger partial charge >= 0.3 is 0 Å². The van der Waals surface area contributed by atoms with Crippen LogP contribution in [0.4, 0.5) is 0 Å². The Morgan fingerprint density at radius 3 is 2.25 bits per heavy atom. The first kappa shape index (κ1) is 13.2. The lowest BCUT2D eigenvalue weighted by molar-refractivity contribution is -0.174. The summed E-state index contributed by atoms with van der Waals surface area (Å²) in [4.78, 5) is 17.0. The summed E-state index contributed by atoms with van der Waals surface area (Å²) >= 11 is 3.37. The third-order valence-corrected chi connectivity index (χ3v) is 3.19. The number of rotatable bonds is 3. The summed E-state index contributed by atoms with van der Waals surface area (Å²) in [5.41, 5.74) is 0.371. The highest BCUT2D eigenvalue weighted by molar-refractivity contribution is 9.10. The number of hydroxylamine groups is 2. The molecule has 1 aromatic carbocycles. The van der Waals surface area contributed by atoms with E-state index in [4.69, 9.17) is 4.84 Å². The average molecular weight is 286 g/mol. The van der Waals surface area contributed by atoms with Crippen molar-refractivity contribution in [3.63, 3.8) is 0 Å². The van der Waals surface area contributed by atoms with Crippen molar-refractivity contribution in [1.29, 1.82) is 0 Å². The van der Waals surface area contributed by atoms with Crippen LogP contribution in [0.15, 0.2) is 28.7 Å². The van der Waals surface area contributed by atoms with Crippen LogP contribution in [0.2, 0.25) is 0 Å². The number of halogens is 1. The number of likely N-dealkylation sites (N-methyl/N-ethyl adjacent to an activating group) is 1. The van der Waals surface area contributed by atoms with Crippen molar-refractivity contribution >= 4 is 21.8 Å². The molecule has 4 heteroatoms. The van der Waals surface area contributed by atoms with Gasteiger partial charge in [-0.25, -0.2) is 5.06 Å². The molecule has 0 aliphatic heterocycles. The van der Waals surface area contributed by atoms with Crippen LogP contribution in [-0.4, -0.2) is 25.1 Å². The molecule has 0 aliphatic carbocycles. The van der Waals surface area contributed by atoms with E-state index in [0.29, 0.717) is 0 Å². The second kappa shape index (κ2) is 4.97. The van der Waals surface area contributed by atoms with Gasteiger partial charge in [0.25, 0.3) is 5.91 Å². The van der Waals surface area contributed by atoms with Crippen molar-refractivity contribution < 1.29 is 9.63 Å². The van der Waals surface area contributed by atoms with Crippen LogP contribution in [0.25, 0.3) is 0 Å². The maximum absolute atomic E-state index is 12.1. The van der Waals surface area contributed by atoms with E-state index in [1.807, 2.05) is 38.1 Å². The summed E-state index contributed by atoms with van der Waals surface area (Å²) in [6, 6.07) is 7.73. The first-order valence-corrected chi connectivity index (χ1v) is 5.77. The van der Waals surface area contributed by atoms with Crippen molar-refractivity contribution in [2.24, 2.45) is 0 Å². The van der Waals surface area contributed by atoms with Gasteiger partial charge < -0.3 is 0 Å². The molecule has 0 atom stereocenters. The highest BCUT2D eigenvalue weighted by Crippen LogP contribution is 2.26. The van der Waals surface area contributed by atoms with Gasteiger partial charge in [0.1, 0.15) is 0 Å². The van der Waals surface area contributed by atoms with Crippen LogP contribution in [0.1, 0.15) is 19.4 Å². The van der Waals surface area contributed by atoms with Crippen molar-refractivity contribution in [1.82, 2.24) is 5.06 Å². The van der Waals surface area contributed by atoms with Gasteiger partial charge in [-0.3, -0.25) is 9.63 Å². The summed E-state index contributed by atoms with van der Waals surface area (Å²) < 4.78 is 1.000. The molecule has 16 heavy (non-hydrogen) atoms. The zero-order chi connectivity index (χ0) is 12.3. The van der Waals surface area contributed by atoms with Gasteiger partial charge in [-0.05, 0) is 31.5 Å². The fraction of sp³-hybridized carbons (Fsp3) is 0.417. The maximum atomic E-state index is 12.1. The van der Waals surface area contributed by atoms with Gasteiger partial charge in [0.15, 0.2) is 0 Å². The fourth-order valence-electron chi connectivity index (χ4n) is 1.47. The Morgan fingerprint density at radius 2 is 1.81 bits per heavy atom. The van der Waals surface area contributed by atoms with Crippen LogP contribution in [0, 0.1) is 0 Å². The minimum Gasteiger partial charge on any atom is -0.275 e. The van der Waals surface area contributed by atoms with Gasteiger partial charge in [0.2, 0.25) is 0 Å². The molecule has 0 saturated carbocycles. The topological polar surface area (TPSA) is 29.5 Å². The number of hydrogen-bond acceptors (Lipinski definition) is 2. The minimum atomic E-state index is -0.592. The molecule has 0 N–H and O–H groups in total. The summed E-state index contributed by atoms with van der Waals surface area (Å²) in [6.45, 7) is 3.77. The Morgan fingerprint density at radius 1 is 1.31 bits per heavy atom. The fourth-order valence-corrected chi connectivity index (χ4v) is 1.73. The summed E-state index contributed by atoms with van der Waals surface area (Å²) in [5.74, 6) is -0.0719. The first-order chi connectivity index (χ1) is 7.39. The lowest BCUT2D eigenvalue weighted by Gasteiger charge is -2.28. The van der Waals surface area contributed by atoms with Crippen LogP contribution >= 0.6 is 15.9 Å². The molecular formula is C12H16BrNO2. The van der Waals surface area contributed by atoms with E-state index in [1.165, 1.54) is 12.2 Å². The van der Waals surface area contributed by atoms with Crippen molar-refractivity contribution in [2.75, 3.05) is 14.2 Å². The van der Waals surface area contributed by atoms with Gasteiger partial charge in [-0.1, -0.05) is 28.1 Å². The standard InChI is InChI=1S/C12H16BrNO2/c1-12(2,11(15)14(3)16-4)9-5-7-10(13)8-6-9/h5-8H,1-4H3. The van der Waals surface area contributed by atoms with Gasteiger partial charge in [0, 0.05) is 11.5 Å². The third kappa shape index (κ3) is 2.62. The molecule has 0 saturated heterocycles. The minimum absolute atomic E-state index is 0.0719. The second-order valence-corrected chi connectivity index (χ2v) is 5.03. The molecule has 0 unspecified atom stereocenters. The molecule has 0 heterocycles. The Hall–Kier alpha value is -0.870. The van der Waals surface area contributed by atoms with Crippen molar-refractivity contribution in [3.05, 3.63) is 34.3 Å². The average Bonchev–Trinajstić information content (AvgIpc) is 2.27. The molecule has 1 aromatic rings. The molecule has 1 rings (SSSR count). The smallest absolute Gasteiger partial charge is 0.255 e.